The largest absolute Gasteiger partial charge is 0.355 e. The van der Waals surface area contributed by atoms with E-state index in [9.17, 15) is 9.59 Å². The van der Waals surface area contributed by atoms with Gasteiger partial charge in [0.05, 0.1) is 13.1 Å². The van der Waals surface area contributed by atoms with Crippen molar-refractivity contribution in [2.45, 2.75) is 284 Å². The van der Waals surface area contributed by atoms with Gasteiger partial charge in [-0.05, 0) is 203 Å². The van der Waals surface area contributed by atoms with Crippen molar-refractivity contribution in [3.05, 3.63) is 0 Å². The normalized spacial score (nSPS) is 22.2. The standard InChI is InChI=1S/C60H112N18O2/c1-21-75(41-31-53(5,6)71-54(7,8)32-41)49-65-47(66-50(69-49)76(22-2)42-33-55(9,10)72-56(11,12)34-42)63-39-45(79)61-29-27-25-26-28-30-62-46(80)40-64-48-67-51(77(23-3)43-35-57(13,14)73-58(15,16)36-43)70-52(68-48)78(24-4)44-37-59(17,18)74-60(19,20)38-44/h41-44,71-74H,21-40H2,1-20H3,(H,61,79)(H,62,80)(H,63,65,66,69)(H,64,67,68,70). The molecule has 8 N–H and O–H groups in total. The van der Waals surface area contributed by atoms with Gasteiger partial charge in [-0.2, -0.15) is 29.9 Å². The van der Waals surface area contributed by atoms with E-state index in [-0.39, 0.29) is 93.4 Å². The maximum absolute atomic E-state index is 13.3. The monoisotopic (exact) mass is 1120 g/mol. The topological polar surface area (TPSA) is 221 Å². The lowest BCUT2D eigenvalue weighted by molar-refractivity contribution is -0.120. The predicted molar refractivity (Wildman–Crippen MR) is 330 cm³/mol. The molecule has 0 saturated carbocycles. The zero-order valence-corrected chi connectivity index (χ0v) is 53.7. The van der Waals surface area contributed by atoms with Crippen molar-refractivity contribution in [2.75, 3.05) is 82.6 Å². The summed E-state index contributed by atoms with van der Waals surface area (Å²) in [7, 11) is 0. The second-order valence-corrected chi connectivity index (χ2v) is 29.3. The van der Waals surface area contributed by atoms with Crippen molar-refractivity contribution in [1.82, 2.24) is 61.8 Å². The number of nitrogens with zero attached hydrogens (tertiary/aromatic N) is 10. The van der Waals surface area contributed by atoms with E-state index >= 15 is 0 Å². The molecule has 0 unspecified atom stereocenters. The molecule has 4 aliphatic heterocycles. The molecule has 2 aromatic rings. The minimum absolute atomic E-state index is 0.0484. The van der Waals surface area contributed by atoms with Gasteiger partial charge in [-0.3, -0.25) is 9.59 Å². The fourth-order valence-corrected chi connectivity index (χ4v) is 15.1. The minimum atomic E-state index is -0.114. The van der Waals surface area contributed by atoms with E-state index in [2.05, 4.69) is 201 Å². The van der Waals surface area contributed by atoms with Crippen LogP contribution in [0.3, 0.4) is 0 Å². The first kappa shape index (κ1) is 64.8. The highest BCUT2D eigenvalue weighted by Crippen LogP contribution is 2.38. The first-order valence-corrected chi connectivity index (χ1v) is 30.8. The molecule has 2 amide bonds. The van der Waals surface area contributed by atoms with E-state index in [1.807, 2.05) is 0 Å². The molecular weight excluding hydrogens is 1000 g/mol. The van der Waals surface area contributed by atoms with Crippen LogP contribution in [0.15, 0.2) is 0 Å². The summed E-state index contributed by atoms with van der Waals surface area (Å²) in [5.74, 6) is 3.16. The average molecular weight is 1120 g/mol. The molecule has 4 aliphatic rings. The van der Waals surface area contributed by atoms with Gasteiger partial charge in [0.25, 0.3) is 0 Å². The third-order valence-electron chi connectivity index (χ3n) is 16.6. The zero-order chi connectivity index (χ0) is 59.3. The number of amides is 2. The van der Waals surface area contributed by atoms with Crippen molar-refractivity contribution in [3.63, 3.8) is 0 Å². The minimum Gasteiger partial charge on any atom is -0.355 e. The van der Waals surface area contributed by atoms with Crippen LogP contribution in [0.2, 0.25) is 0 Å². The molecule has 0 atom stereocenters. The molecule has 6 rings (SSSR count). The van der Waals surface area contributed by atoms with E-state index in [0.717, 1.165) is 103 Å². The van der Waals surface area contributed by atoms with Crippen molar-refractivity contribution >= 4 is 47.5 Å². The number of carbonyl (C=O) groups is 2. The van der Waals surface area contributed by atoms with Gasteiger partial charge in [-0.1, -0.05) is 12.8 Å². The van der Waals surface area contributed by atoms with Crippen LogP contribution in [0.4, 0.5) is 35.7 Å². The molecule has 0 bridgehead atoms. The van der Waals surface area contributed by atoms with Crippen molar-refractivity contribution in [1.29, 1.82) is 0 Å². The molecule has 0 aliphatic carbocycles. The maximum atomic E-state index is 13.3. The van der Waals surface area contributed by atoms with Crippen LogP contribution in [0.1, 0.15) is 216 Å². The predicted octanol–water partition coefficient (Wildman–Crippen LogP) is 7.92. The smallest absolute Gasteiger partial charge is 0.239 e. The summed E-state index contributed by atoms with van der Waals surface area (Å²) in [5.41, 5.74) is -0.448. The Morgan fingerprint density at radius 3 is 0.787 bits per heavy atom. The number of hydrogen-bond donors (Lipinski definition) is 8. The number of nitrogens with one attached hydrogen (secondary N) is 8. The lowest BCUT2D eigenvalue weighted by Crippen LogP contribution is -2.62. The molecule has 4 fully saturated rings. The Hall–Kier alpha value is -4.40. The maximum Gasteiger partial charge on any atom is 0.239 e. The number of carbonyl (C=O) groups excluding carboxylic acids is 2. The molecule has 20 heteroatoms. The number of unbranched alkanes of at least 4 members (excludes halogenated alkanes) is 3. The number of anilines is 6. The van der Waals surface area contributed by atoms with Crippen LogP contribution in [0, 0.1) is 0 Å². The molecular formula is C60H112N18O2. The zero-order valence-electron chi connectivity index (χ0n) is 53.7. The summed E-state index contributed by atoms with van der Waals surface area (Å²) in [6.07, 6.45) is 11.1. The first-order chi connectivity index (χ1) is 37.1. The van der Waals surface area contributed by atoms with Crippen LogP contribution in [0.25, 0.3) is 0 Å². The molecule has 20 nitrogen and oxygen atoms in total. The van der Waals surface area contributed by atoms with Crippen LogP contribution >= 0.6 is 0 Å². The van der Waals surface area contributed by atoms with Gasteiger partial charge in [0.2, 0.25) is 47.5 Å². The summed E-state index contributed by atoms with van der Waals surface area (Å²) >= 11 is 0. The Bertz CT molecular complexity index is 2010. The van der Waals surface area contributed by atoms with Gasteiger partial charge >= 0.3 is 0 Å². The number of aromatic nitrogens is 6. The molecule has 6 heterocycles. The molecule has 4 saturated heterocycles. The van der Waals surface area contributed by atoms with Crippen molar-refractivity contribution < 1.29 is 9.59 Å². The average Bonchev–Trinajstić information content (AvgIpc) is 3.29. The van der Waals surface area contributed by atoms with Gasteiger partial charge in [0, 0.05) is 108 Å². The van der Waals surface area contributed by atoms with Gasteiger partial charge in [-0.15, -0.1) is 0 Å². The Morgan fingerprint density at radius 2 is 0.588 bits per heavy atom. The molecule has 454 valence electrons. The summed E-state index contributed by atoms with van der Waals surface area (Å²) in [5, 5.41) is 28.1. The second kappa shape index (κ2) is 25.6. The fraction of sp³-hybridized carbons (Fsp3) is 0.867. The first-order valence-electron chi connectivity index (χ1n) is 30.8. The van der Waals surface area contributed by atoms with Gasteiger partial charge in [-0.25, -0.2) is 0 Å². The highest BCUT2D eigenvalue weighted by atomic mass is 16.2. The Morgan fingerprint density at radius 1 is 0.375 bits per heavy atom. The Balaban J connectivity index is 1.02. The third kappa shape index (κ3) is 18.6. The Kier molecular flexibility index (Phi) is 20.7. The van der Waals surface area contributed by atoms with E-state index in [0.29, 0.717) is 48.8 Å². The summed E-state index contributed by atoms with van der Waals surface area (Å²) in [6, 6.07) is 0.886. The molecule has 80 heavy (non-hydrogen) atoms. The van der Waals surface area contributed by atoms with Crippen molar-refractivity contribution in [2.24, 2.45) is 0 Å². The van der Waals surface area contributed by atoms with Gasteiger partial charge < -0.3 is 62.1 Å². The molecule has 0 aromatic carbocycles. The third-order valence-corrected chi connectivity index (χ3v) is 16.6. The lowest BCUT2D eigenvalue weighted by atomic mass is 9.79. The van der Waals surface area contributed by atoms with Gasteiger partial charge in [0.15, 0.2) is 0 Å². The molecule has 2 aromatic heterocycles. The molecule has 0 spiro atoms. The van der Waals surface area contributed by atoms with E-state index in [1.54, 1.807) is 0 Å². The van der Waals surface area contributed by atoms with Crippen molar-refractivity contribution in [3.8, 4) is 0 Å². The van der Waals surface area contributed by atoms with E-state index in [4.69, 9.17) is 29.9 Å². The van der Waals surface area contributed by atoms with Crippen LogP contribution in [-0.4, -0.2) is 163 Å². The quantitative estimate of drug-likeness (QED) is 0.0443. The molecule has 0 radical (unpaired) electrons. The second-order valence-electron chi connectivity index (χ2n) is 29.3. The van der Waals surface area contributed by atoms with E-state index < -0.39 is 0 Å². The van der Waals surface area contributed by atoms with Gasteiger partial charge in [0.1, 0.15) is 0 Å². The van der Waals surface area contributed by atoms with Crippen LogP contribution in [0.5, 0.6) is 0 Å². The highest BCUT2D eigenvalue weighted by molar-refractivity contribution is 5.80. The fourth-order valence-electron chi connectivity index (χ4n) is 15.1. The van der Waals surface area contributed by atoms with Crippen LogP contribution in [-0.2, 0) is 9.59 Å². The lowest BCUT2D eigenvalue weighted by Gasteiger charge is -2.50. The number of piperidine rings is 4. The highest BCUT2D eigenvalue weighted by Gasteiger charge is 2.45. The summed E-state index contributed by atoms with van der Waals surface area (Å²) in [4.78, 5) is 66.6. The van der Waals surface area contributed by atoms with E-state index in [1.165, 1.54) is 0 Å². The SMILES string of the molecule is CCN(c1nc(NCC(=O)NCCCCCCNC(=O)CNc2nc(N(CC)C3CC(C)(C)NC(C)(C)C3)nc(N(CC)C3CC(C)(C)NC(C)(C)C3)n2)nc(N(CC)C2CC(C)(C)NC(C)(C)C2)n1)C1CC(C)(C)NC(C)(C)C1. The van der Waals surface area contributed by atoms with Crippen LogP contribution < -0.4 is 62.1 Å². The summed E-state index contributed by atoms with van der Waals surface area (Å²) in [6.45, 7) is 49.3. The number of rotatable bonds is 25. The number of hydrogen-bond acceptors (Lipinski definition) is 18. The summed E-state index contributed by atoms with van der Waals surface area (Å²) < 4.78 is 0. The Labute approximate surface area is 483 Å².